The van der Waals surface area contributed by atoms with E-state index in [9.17, 15) is 4.79 Å². The molecule has 0 bridgehead atoms. The van der Waals surface area contributed by atoms with E-state index in [1.165, 1.54) is 26.9 Å². The largest absolute Gasteiger partial charge is 0.464 e. The number of carbonyl (C=O) groups excluding carboxylic acids is 1. The molecule has 1 saturated carbocycles. The predicted molar refractivity (Wildman–Crippen MR) is 122 cm³/mol. The Labute approximate surface area is 187 Å². The van der Waals surface area contributed by atoms with Crippen molar-refractivity contribution in [3.63, 3.8) is 0 Å². The molecule has 8 nitrogen and oxygen atoms in total. The molecule has 3 rings (SSSR count). The lowest BCUT2D eigenvalue weighted by molar-refractivity contribution is -0.132. The summed E-state index contributed by atoms with van der Waals surface area (Å²) in [5.41, 5.74) is 4.00. The molecule has 1 fully saturated rings. The number of ether oxygens (including phenoxy) is 1. The minimum Gasteiger partial charge on any atom is -0.464 e. The van der Waals surface area contributed by atoms with E-state index in [1.807, 2.05) is 37.3 Å². The molecule has 2 atom stereocenters. The lowest BCUT2D eigenvalue weighted by Gasteiger charge is -2.10. The Kier molecular flexibility index (Phi) is 7.96. The number of benzene rings is 2. The summed E-state index contributed by atoms with van der Waals surface area (Å²) in [5.74, 6) is 0.0229. The Morgan fingerprint density at radius 3 is 2.31 bits per heavy atom. The van der Waals surface area contributed by atoms with Crippen molar-refractivity contribution in [2.75, 3.05) is 21.3 Å². The average molecular weight is 437 g/mol. The highest BCUT2D eigenvalue weighted by Crippen LogP contribution is 2.48. The lowest BCUT2D eigenvalue weighted by Crippen LogP contribution is -2.19. The molecule has 0 aromatic heterocycles. The summed E-state index contributed by atoms with van der Waals surface area (Å²) in [6.45, 7) is 1.97. The second-order valence-electron chi connectivity index (χ2n) is 7.24. The highest BCUT2D eigenvalue weighted by Gasteiger charge is 2.43. The van der Waals surface area contributed by atoms with Gasteiger partial charge in [0.1, 0.15) is 32.2 Å². The van der Waals surface area contributed by atoms with E-state index in [4.69, 9.17) is 19.2 Å². The van der Waals surface area contributed by atoms with E-state index >= 15 is 0 Å². The van der Waals surface area contributed by atoms with E-state index in [0.717, 1.165) is 12.1 Å². The zero-order chi connectivity index (χ0) is 22.9. The minimum absolute atomic E-state index is 0.0558. The lowest BCUT2D eigenvalue weighted by atomic mass is 10.0. The van der Waals surface area contributed by atoms with Crippen LogP contribution in [0, 0.1) is 5.92 Å². The van der Waals surface area contributed by atoms with Crippen LogP contribution in [0.25, 0.3) is 0 Å². The molecule has 0 aliphatic heterocycles. The Morgan fingerprint density at radius 1 is 0.938 bits per heavy atom. The minimum atomic E-state index is -0.603. The number of oxime groups is 3. The summed E-state index contributed by atoms with van der Waals surface area (Å²) < 4.78 is 4.81. The Bertz CT molecular complexity index is 1020. The second kappa shape index (κ2) is 11.1. The van der Waals surface area contributed by atoms with Crippen LogP contribution in [0.1, 0.15) is 36.0 Å². The monoisotopic (exact) mass is 437 g/mol. The van der Waals surface area contributed by atoms with Gasteiger partial charge in [-0.3, -0.25) is 0 Å². The van der Waals surface area contributed by atoms with E-state index in [2.05, 4.69) is 27.6 Å². The average Bonchev–Trinajstić information content (AvgIpc) is 3.62. The van der Waals surface area contributed by atoms with E-state index in [-0.39, 0.29) is 18.2 Å². The predicted octanol–water partition coefficient (Wildman–Crippen LogP) is 3.91. The van der Waals surface area contributed by atoms with Crippen LogP contribution in [0.4, 0.5) is 0 Å². The second-order valence-corrected chi connectivity index (χ2v) is 7.24. The zero-order valence-electron chi connectivity index (χ0n) is 18.6. The Morgan fingerprint density at radius 2 is 1.62 bits per heavy atom. The highest BCUT2D eigenvalue weighted by atomic mass is 16.6. The highest BCUT2D eigenvalue weighted by molar-refractivity contribution is 6.43. The first kappa shape index (κ1) is 23.0. The SMILES string of the molecule is CON=C(C(C)=NOCc1ccccc1/C(=N\OC)C(=O)OC)[C@@H]1C[C@H]1c1ccccc1. The maximum Gasteiger partial charge on any atom is 0.360 e. The van der Waals surface area contributed by atoms with Gasteiger partial charge in [-0.1, -0.05) is 70.1 Å². The van der Waals surface area contributed by atoms with Gasteiger partial charge in [0.25, 0.3) is 0 Å². The quantitative estimate of drug-likeness (QED) is 0.319. The molecule has 32 heavy (non-hydrogen) atoms. The topological polar surface area (TPSA) is 91.1 Å². The molecule has 0 heterocycles. The fraction of sp³-hybridized carbons (Fsp3) is 0.333. The fourth-order valence-corrected chi connectivity index (χ4v) is 3.57. The van der Waals surface area contributed by atoms with Crippen molar-refractivity contribution in [1.29, 1.82) is 0 Å². The molecular weight excluding hydrogens is 410 g/mol. The van der Waals surface area contributed by atoms with Gasteiger partial charge in [0, 0.05) is 17.0 Å². The van der Waals surface area contributed by atoms with Crippen molar-refractivity contribution in [3.8, 4) is 0 Å². The van der Waals surface area contributed by atoms with Crippen LogP contribution in [0.15, 0.2) is 70.1 Å². The van der Waals surface area contributed by atoms with Crippen LogP contribution < -0.4 is 0 Å². The normalized spacial score (nSPS) is 18.7. The molecule has 8 heteroatoms. The van der Waals surface area contributed by atoms with Crippen molar-refractivity contribution in [2.24, 2.45) is 21.4 Å². The van der Waals surface area contributed by atoms with Crippen LogP contribution >= 0.6 is 0 Å². The zero-order valence-corrected chi connectivity index (χ0v) is 18.6. The number of esters is 1. The van der Waals surface area contributed by atoms with Gasteiger partial charge in [-0.25, -0.2) is 4.79 Å². The maximum absolute atomic E-state index is 12.1. The first-order valence-corrected chi connectivity index (χ1v) is 10.2. The van der Waals surface area contributed by atoms with Gasteiger partial charge < -0.3 is 19.2 Å². The van der Waals surface area contributed by atoms with Crippen LogP contribution in [0.3, 0.4) is 0 Å². The molecule has 168 valence electrons. The molecule has 0 radical (unpaired) electrons. The van der Waals surface area contributed by atoms with Crippen LogP contribution in [-0.4, -0.2) is 44.4 Å². The summed E-state index contributed by atoms with van der Waals surface area (Å²) in [6, 6.07) is 17.5. The van der Waals surface area contributed by atoms with E-state index in [0.29, 0.717) is 22.8 Å². The number of carbonyl (C=O) groups is 1. The molecule has 1 aliphatic rings. The van der Waals surface area contributed by atoms with Gasteiger partial charge in [0.05, 0.1) is 7.11 Å². The third-order valence-corrected chi connectivity index (χ3v) is 5.19. The summed E-state index contributed by atoms with van der Waals surface area (Å²) in [7, 11) is 4.18. The Balaban J connectivity index is 1.72. The van der Waals surface area contributed by atoms with E-state index in [1.54, 1.807) is 12.1 Å². The third-order valence-electron chi connectivity index (χ3n) is 5.19. The molecule has 0 spiro atoms. The van der Waals surface area contributed by atoms with Crippen LogP contribution in [0.2, 0.25) is 0 Å². The van der Waals surface area contributed by atoms with Crippen molar-refractivity contribution >= 4 is 23.1 Å². The van der Waals surface area contributed by atoms with Gasteiger partial charge >= 0.3 is 5.97 Å². The number of nitrogens with zero attached hydrogens (tertiary/aromatic N) is 3. The van der Waals surface area contributed by atoms with Crippen LogP contribution in [-0.2, 0) is 30.7 Å². The van der Waals surface area contributed by atoms with Gasteiger partial charge in [-0.05, 0) is 24.8 Å². The van der Waals surface area contributed by atoms with Crippen LogP contribution in [0.5, 0.6) is 0 Å². The first-order chi connectivity index (χ1) is 15.6. The standard InChI is InChI=1S/C24H27N3O5/c1-16(22(26-30-3)21-14-20(21)17-10-6-5-7-11-17)25-32-15-18-12-8-9-13-19(18)23(27-31-4)24(28)29-2/h5-13,20-21H,14-15H2,1-4H3/b25-16?,26-22?,27-23+/t20-,21+/m0/s1. The molecule has 1 aliphatic carbocycles. The van der Waals surface area contributed by atoms with Gasteiger partial charge in [0.15, 0.2) is 5.71 Å². The van der Waals surface area contributed by atoms with Gasteiger partial charge in [-0.2, -0.15) is 0 Å². The van der Waals surface area contributed by atoms with Crippen molar-refractivity contribution < 1.29 is 24.0 Å². The number of rotatable bonds is 10. The molecule has 0 amide bonds. The van der Waals surface area contributed by atoms with Crippen molar-refractivity contribution in [2.45, 2.75) is 25.9 Å². The summed E-state index contributed by atoms with van der Waals surface area (Å²) in [4.78, 5) is 27.6. The Hall–Kier alpha value is -3.68. The van der Waals surface area contributed by atoms with Crippen molar-refractivity contribution in [1.82, 2.24) is 0 Å². The third kappa shape index (κ3) is 5.51. The summed E-state index contributed by atoms with van der Waals surface area (Å²) >= 11 is 0. The molecule has 0 saturated heterocycles. The van der Waals surface area contributed by atoms with Gasteiger partial charge in [0.2, 0.25) is 0 Å². The van der Waals surface area contributed by atoms with Gasteiger partial charge in [-0.15, -0.1) is 0 Å². The van der Waals surface area contributed by atoms with E-state index < -0.39 is 5.97 Å². The maximum atomic E-state index is 12.1. The molecule has 0 unspecified atom stereocenters. The first-order valence-electron chi connectivity index (χ1n) is 10.2. The number of hydrogen-bond acceptors (Lipinski definition) is 8. The molecular formula is C24H27N3O5. The molecule has 0 N–H and O–H groups in total. The number of methoxy groups -OCH3 is 1. The number of hydrogen-bond donors (Lipinski definition) is 0. The molecule has 2 aromatic carbocycles. The summed E-state index contributed by atoms with van der Waals surface area (Å²) in [5, 5.41) is 12.3. The summed E-state index contributed by atoms with van der Waals surface area (Å²) in [6.07, 6.45) is 0.984. The molecule has 2 aromatic rings. The fourth-order valence-electron chi connectivity index (χ4n) is 3.57. The smallest absolute Gasteiger partial charge is 0.360 e. The van der Waals surface area contributed by atoms with Crippen molar-refractivity contribution in [3.05, 3.63) is 71.3 Å².